The first-order valence-electron chi connectivity index (χ1n) is 9.15. The quantitative estimate of drug-likeness (QED) is 0.730. The zero-order valence-electron chi connectivity index (χ0n) is 15.6. The highest BCUT2D eigenvalue weighted by atomic mass is 16.5. The fraction of sp³-hybridized carbons (Fsp3) is 0.381. The van der Waals surface area contributed by atoms with E-state index in [0.29, 0.717) is 49.6 Å². The van der Waals surface area contributed by atoms with Gasteiger partial charge in [0, 0.05) is 6.54 Å². The third kappa shape index (κ3) is 4.23. The number of ether oxygens (including phenoxy) is 2. The summed E-state index contributed by atoms with van der Waals surface area (Å²) in [6.07, 6.45) is 1.20. The molecule has 1 amide bonds. The van der Waals surface area contributed by atoms with Crippen LogP contribution in [0, 0.1) is 0 Å². The molecule has 0 bridgehead atoms. The summed E-state index contributed by atoms with van der Waals surface area (Å²) in [5.74, 6) is 0.912. The number of nitrogens with zero attached hydrogens (tertiary/aromatic N) is 1. The van der Waals surface area contributed by atoms with Gasteiger partial charge in [-0.2, -0.15) is 0 Å². The molecule has 2 aromatic carbocycles. The molecular weight excluding hydrogens is 344 g/mol. The van der Waals surface area contributed by atoms with Gasteiger partial charge in [0.15, 0.2) is 0 Å². The number of likely N-dealkylation sites (tertiary alicyclic amines) is 1. The molecule has 1 heterocycles. The minimum Gasteiger partial charge on any atom is -0.497 e. The summed E-state index contributed by atoms with van der Waals surface area (Å²) < 4.78 is 11.0. The summed E-state index contributed by atoms with van der Waals surface area (Å²) in [4.78, 5) is 14.8. The van der Waals surface area contributed by atoms with Crippen molar-refractivity contribution < 1.29 is 19.4 Å². The Morgan fingerprint density at radius 3 is 2.74 bits per heavy atom. The Bertz CT molecular complexity index is 781. The minimum absolute atomic E-state index is 0.177. The van der Waals surface area contributed by atoms with Gasteiger partial charge in [0.05, 0.1) is 25.8 Å². The van der Waals surface area contributed by atoms with E-state index in [2.05, 4.69) is 0 Å². The molecule has 0 spiro atoms. The second-order valence-electron chi connectivity index (χ2n) is 6.73. The van der Waals surface area contributed by atoms with Gasteiger partial charge in [-0.1, -0.05) is 30.3 Å². The van der Waals surface area contributed by atoms with Crippen LogP contribution in [0.3, 0.4) is 0 Å². The first-order valence-corrected chi connectivity index (χ1v) is 9.15. The average molecular weight is 370 g/mol. The third-order valence-electron chi connectivity index (χ3n) is 4.87. The highest BCUT2D eigenvalue weighted by molar-refractivity contribution is 5.97. The third-order valence-corrected chi connectivity index (χ3v) is 4.87. The number of hydrogen-bond acceptors (Lipinski definition) is 5. The molecule has 1 aliphatic heterocycles. The van der Waals surface area contributed by atoms with Crippen LogP contribution >= 0.6 is 0 Å². The van der Waals surface area contributed by atoms with Gasteiger partial charge in [-0.05, 0) is 43.1 Å². The van der Waals surface area contributed by atoms with Crippen molar-refractivity contribution in [2.24, 2.45) is 5.73 Å². The summed E-state index contributed by atoms with van der Waals surface area (Å²) in [5, 5.41) is 11.0. The first kappa shape index (κ1) is 19.2. The summed E-state index contributed by atoms with van der Waals surface area (Å²) in [6, 6.07) is 14.7. The standard InChI is InChI=1S/C21H26N2O4/c1-26-17-8-9-19(27-13-5-11-22)18(14-17)20(24)23-12-10-21(25,15-23)16-6-3-2-4-7-16/h2-4,6-9,14,25H,5,10-13,15,22H2,1H3. The predicted molar refractivity (Wildman–Crippen MR) is 103 cm³/mol. The lowest BCUT2D eigenvalue weighted by Crippen LogP contribution is -2.34. The van der Waals surface area contributed by atoms with Crippen LogP contribution in [0.15, 0.2) is 48.5 Å². The normalized spacial score (nSPS) is 19.1. The second kappa shape index (κ2) is 8.41. The molecule has 3 rings (SSSR count). The van der Waals surface area contributed by atoms with E-state index in [0.717, 1.165) is 5.56 Å². The summed E-state index contributed by atoms with van der Waals surface area (Å²) in [5.41, 5.74) is 5.74. The van der Waals surface area contributed by atoms with Crippen LogP contribution in [-0.4, -0.2) is 49.3 Å². The molecule has 1 fully saturated rings. The lowest BCUT2D eigenvalue weighted by molar-refractivity contribution is 0.0416. The van der Waals surface area contributed by atoms with Gasteiger partial charge < -0.3 is 25.2 Å². The first-order chi connectivity index (χ1) is 13.1. The number of amides is 1. The molecule has 6 nitrogen and oxygen atoms in total. The summed E-state index contributed by atoms with van der Waals surface area (Å²) in [6.45, 7) is 1.69. The van der Waals surface area contributed by atoms with E-state index >= 15 is 0 Å². The molecule has 144 valence electrons. The van der Waals surface area contributed by atoms with E-state index in [1.807, 2.05) is 30.3 Å². The fourth-order valence-corrected chi connectivity index (χ4v) is 3.32. The molecule has 1 unspecified atom stereocenters. The maximum Gasteiger partial charge on any atom is 0.257 e. The van der Waals surface area contributed by atoms with Crippen molar-refractivity contribution in [1.82, 2.24) is 4.90 Å². The lowest BCUT2D eigenvalue weighted by Gasteiger charge is -2.24. The number of carbonyl (C=O) groups excluding carboxylic acids is 1. The van der Waals surface area contributed by atoms with Crippen LogP contribution in [-0.2, 0) is 5.60 Å². The van der Waals surface area contributed by atoms with Crippen molar-refractivity contribution in [3.05, 3.63) is 59.7 Å². The minimum atomic E-state index is -1.03. The molecule has 1 saturated heterocycles. The molecule has 27 heavy (non-hydrogen) atoms. The number of rotatable bonds is 7. The van der Waals surface area contributed by atoms with Gasteiger partial charge in [-0.25, -0.2) is 0 Å². The number of aliphatic hydroxyl groups is 1. The van der Waals surface area contributed by atoms with Crippen molar-refractivity contribution >= 4 is 5.91 Å². The number of methoxy groups -OCH3 is 1. The molecular formula is C21H26N2O4. The monoisotopic (exact) mass is 370 g/mol. The van der Waals surface area contributed by atoms with Gasteiger partial charge in [0.1, 0.15) is 17.1 Å². The van der Waals surface area contributed by atoms with E-state index < -0.39 is 5.60 Å². The van der Waals surface area contributed by atoms with Crippen molar-refractivity contribution in [2.45, 2.75) is 18.4 Å². The zero-order chi connectivity index (χ0) is 19.3. The largest absolute Gasteiger partial charge is 0.497 e. The second-order valence-corrected chi connectivity index (χ2v) is 6.73. The maximum atomic E-state index is 13.1. The summed E-state index contributed by atoms with van der Waals surface area (Å²) >= 11 is 0. The van der Waals surface area contributed by atoms with Crippen LogP contribution in [0.25, 0.3) is 0 Å². The predicted octanol–water partition coefficient (Wildman–Crippen LogP) is 2.16. The van der Waals surface area contributed by atoms with Gasteiger partial charge in [-0.3, -0.25) is 4.79 Å². The number of nitrogens with two attached hydrogens (primary N) is 1. The van der Waals surface area contributed by atoms with Gasteiger partial charge in [-0.15, -0.1) is 0 Å². The Hall–Kier alpha value is -2.57. The number of hydrogen-bond donors (Lipinski definition) is 2. The lowest BCUT2D eigenvalue weighted by atomic mass is 9.93. The fourth-order valence-electron chi connectivity index (χ4n) is 3.32. The Labute approximate surface area is 159 Å². The van der Waals surface area contributed by atoms with Crippen LogP contribution in [0.2, 0.25) is 0 Å². The van der Waals surface area contributed by atoms with Crippen LogP contribution < -0.4 is 15.2 Å². The smallest absolute Gasteiger partial charge is 0.257 e. The Balaban J connectivity index is 1.81. The molecule has 0 aromatic heterocycles. The van der Waals surface area contributed by atoms with Crippen LogP contribution in [0.5, 0.6) is 11.5 Å². The molecule has 6 heteroatoms. The molecule has 3 N–H and O–H groups in total. The van der Waals surface area contributed by atoms with Crippen molar-refractivity contribution in [2.75, 3.05) is 33.4 Å². The Morgan fingerprint density at radius 2 is 2.04 bits per heavy atom. The van der Waals surface area contributed by atoms with Crippen molar-refractivity contribution in [3.63, 3.8) is 0 Å². The topological polar surface area (TPSA) is 85.0 Å². The highest BCUT2D eigenvalue weighted by Crippen LogP contribution is 2.34. The number of carbonyl (C=O) groups is 1. The highest BCUT2D eigenvalue weighted by Gasteiger charge is 2.40. The van der Waals surface area contributed by atoms with Gasteiger partial charge in [0.2, 0.25) is 0 Å². The maximum absolute atomic E-state index is 13.1. The zero-order valence-corrected chi connectivity index (χ0v) is 15.6. The SMILES string of the molecule is COc1ccc(OCCCN)c(C(=O)N2CCC(O)(c3ccccc3)C2)c1. The molecule has 0 saturated carbocycles. The average Bonchev–Trinajstić information content (AvgIpc) is 3.12. The van der Waals surface area contributed by atoms with E-state index in [-0.39, 0.29) is 12.5 Å². The molecule has 0 radical (unpaired) electrons. The molecule has 1 atom stereocenters. The number of benzene rings is 2. The van der Waals surface area contributed by atoms with Crippen molar-refractivity contribution in [3.8, 4) is 11.5 Å². The van der Waals surface area contributed by atoms with Gasteiger partial charge in [0.25, 0.3) is 5.91 Å². The summed E-state index contributed by atoms with van der Waals surface area (Å²) in [7, 11) is 1.56. The molecule has 2 aromatic rings. The Morgan fingerprint density at radius 1 is 1.26 bits per heavy atom. The molecule has 1 aliphatic rings. The van der Waals surface area contributed by atoms with Crippen LogP contribution in [0.1, 0.15) is 28.8 Å². The van der Waals surface area contributed by atoms with E-state index in [1.54, 1.807) is 30.2 Å². The van der Waals surface area contributed by atoms with Crippen LogP contribution in [0.4, 0.5) is 0 Å². The number of β-amino-alcohol motifs (C(OH)–C–C–N with tert-alkyl or cyclic N) is 1. The van der Waals surface area contributed by atoms with Crippen molar-refractivity contribution in [1.29, 1.82) is 0 Å². The van der Waals surface area contributed by atoms with E-state index in [9.17, 15) is 9.90 Å². The van der Waals surface area contributed by atoms with Gasteiger partial charge >= 0.3 is 0 Å². The molecule has 0 aliphatic carbocycles. The van der Waals surface area contributed by atoms with E-state index in [1.165, 1.54) is 0 Å². The Kier molecular flexibility index (Phi) is 5.98. The van der Waals surface area contributed by atoms with E-state index in [4.69, 9.17) is 15.2 Å².